The number of anilines is 2. The summed E-state index contributed by atoms with van der Waals surface area (Å²) in [5.41, 5.74) is 1.87. The van der Waals surface area contributed by atoms with Crippen molar-refractivity contribution in [2.45, 2.75) is 31.9 Å². The number of halogens is 2. The first-order valence-electron chi connectivity index (χ1n) is 10.1. The fraction of sp³-hybridized carbons (Fsp3) is 0.261. The molecule has 0 unspecified atom stereocenters. The molecule has 1 heterocycles. The van der Waals surface area contributed by atoms with E-state index in [0.29, 0.717) is 28.9 Å². The zero-order valence-electron chi connectivity index (χ0n) is 17.7. The number of fused-ring (bicyclic) bond motifs is 1. The number of carbonyl (C=O) groups excluding carboxylic acids is 2. The lowest BCUT2D eigenvalue weighted by Gasteiger charge is -2.15. The van der Waals surface area contributed by atoms with Crippen molar-refractivity contribution in [2.24, 2.45) is 4.99 Å². The van der Waals surface area contributed by atoms with Crippen LogP contribution in [0, 0.1) is 11.6 Å². The summed E-state index contributed by atoms with van der Waals surface area (Å²) in [6, 6.07) is 10.3. The summed E-state index contributed by atoms with van der Waals surface area (Å²) in [5, 5.41) is 5.63. The van der Waals surface area contributed by atoms with Gasteiger partial charge >= 0.3 is 5.97 Å². The minimum absolute atomic E-state index is 0.0194. The maximum atomic E-state index is 13.9. The standard InChI is InChI=1S/C23H23F2N3O3S/c1-3-20(23(30)28-17-10-9-14(24)11-16(17)25)32-21-12-15(13-22(29)31-4-2)26-18-7-5-6-8-19(18)27-21/h5-12,20,26H,3-4,13H2,1-2H3,(H,28,30)/t20-/m1/s1. The summed E-state index contributed by atoms with van der Waals surface area (Å²) in [4.78, 5) is 29.4. The molecule has 0 saturated carbocycles. The molecule has 32 heavy (non-hydrogen) atoms. The number of amides is 1. The van der Waals surface area contributed by atoms with Gasteiger partial charge < -0.3 is 15.4 Å². The minimum Gasteiger partial charge on any atom is -0.466 e. The van der Waals surface area contributed by atoms with Crippen LogP contribution in [0.5, 0.6) is 0 Å². The van der Waals surface area contributed by atoms with Crippen LogP contribution in [0.15, 0.2) is 59.2 Å². The van der Waals surface area contributed by atoms with Crippen LogP contribution in [0.4, 0.5) is 25.8 Å². The molecular weight excluding hydrogens is 436 g/mol. The summed E-state index contributed by atoms with van der Waals surface area (Å²) < 4.78 is 32.1. The molecule has 9 heteroatoms. The summed E-state index contributed by atoms with van der Waals surface area (Å²) in [6.45, 7) is 3.83. The summed E-state index contributed by atoms with van der Waals surface area (Å²) in [5.74, 6) is -2.39. The highest BCUT2D eigenvalue weighted by Gasteiger charge is 2.23. The molecule has 0 bridgehead atoms. The highest BCUT2D eigenvalue weighted by atomic mass is 32.2. The van der Waals surface area contributed by atoms with Gasteiger partial charge in [0.2, 0.25) is 5.91 Å². The van der Waals surface area contributed by atoms with E-state index >= 15 is 0 Å². The van der Waals surface area contributed by atoms with Crippen LogP contribution < -0.4 is 10.6 Å². The van der Waals surface area contributed by atoms with E-state index in [1.54, 1.807) is 13.0 Å². The molecule has 0 saturated heterocycles. The molecule has 1 amide bonds. The number of carbonyl (C=O) groups is 2. The predicted octanol–water partition coefficient (Wildman–Crippen LogP) is 5.41. The average Bonchev–Trinajstić information content (AvgIpc) is 2.92. The Bertz CT molecular complexity index is 1070. The molecule has 1 aliphatic rings. The van der Waals surface area contributed by atoms with Gasteiger partial charge in [-0.2, -0.15) is 0 Å². The SMILES string of the molecule is CCOC(=O)CC1=CC(S[C@H](CC)C(=O)Nc2ccc(F)cc2F)=Nc2ccccc2N1. The molecule has 0 aromatic heterocycles. The van der Waals surface area contributed by atoms with Crippen molar-refractivity contribution in [2.75, 3.05) is 17.2 Å². The summed E-state index contributed by atoms with van der Waals surface area (Å²) >= 11 is 1.20. The van der Waals surface area contributed by atoms with Gasteiger partial charge in [-0.25, -0.2) is 13.8 Å². The summed E-state index contributed by atoms with van der Waals surface area (Å²) in [7, 11) is 0. The third kappa shape index (κ3) is 6.16. The highest BCUT2D eigenvalue weighted by Crippen LogP contribution is 2.32. The number of nitrogens with one attached hydrogen (secondary N) is 2. The van der Waals surface area contributed by atoms with E-state index in [0.717, 1.165) is 11.8 Å². The second-order valence-corrected chi connectivity index (χ2v) is 8.09. The van der Waals surface area contributed by atoms with Gasteiger partial charge in [0.15, 0.2) is 0 Å². The van der Waals surface area contributed by atoms with Crippen LogP contribution in [-0.4, -0.2) is 28.8 Å². The van der Waals surface area contributed by atoms with E-state index < -0.39 is 22.8 Å². The number of esters is 1. The molecule has 1 aliphatic heterocycles. The quantitative estimate of drug-likeness (QED) is 0.542. The minimum atomic E-state index is -0.847. The van der Waals surface area contributed by atoms with Crippen molar-refractivity contribution < 1.29 is 23.1 Å². The van der Waals surface area contributed by atoms with Crippen molar-refractivity contribution in [3.63, 3.8) is 0 Å². The van der Waals surface area contributed by atoms with Crippen LogP contribution in [0.2, 0.25) is 0 Å². The van der Waals surface area contributed by atoms with E-state index in [-0.39, 0.29) is 24.7 Å². The lowest BCUT2D eigenvalue weighted by molar-refractivity contribution is -0.142. The van der Waals surface area contributed by atoms with E-state index in [1.165, 1.54) is 17.8 Å². The van der Waals surface area contributed by atoms with Crippen LogP contribution in [0.25, 0.3) is 0 Å². The normalized spacial score (nSPS) is 13.6. The number of rotatable bonds is 7. The van der Waals surface area contributed by atoms with Crippen LogP contribution in [-0.2, 0) is 14.3 Å². The molecule has 2 aromatic rings. The molecular formula is C23H23F2N3O3S. The number of para-hydroxylation sites is 2. The van der Waals surface area contributed by atoms with Crippen LogP contribution in [0.1, 0.15) is 26.7 Å². The Balaban J connectivity index is 1.82. The Morgan fingerprint density at radius 2 is 1.97 bits per heavy atom. The van der Waals surface area contributed by atoms with Crippen LogP contribution in [0.3, 0.4) is 0 Å². The summed E-state index contributed by atoms with van der Waals surface area (Å²) in [6.07, 6.45) is 2.16. The van der Waals surface area contributed by atoms with Crippen molar-refractivity contribution >= 4 is 45.7 Å². The Morgan fingerprint density at radius 3 is 2.69 bits per heavy atom. The number of ether oxygens (including phenoxy) is 1. The maximum Gasteiger partial charge on any atom is 0.311 e. The molecule has 0 radical (unpaired) electrons. The van der Waals surface area contributed by atoms with Crippen molar-refractivity contribution in [1.29, 1.82) is 0 Å². The predicted molar refractivity (Wildman–Crippen MR) is 123 cm³/mol. The lowest BCUT2D eigenvalue weighted by Crippen LogP contribution is -2.26. The zero-order valence-corrected chi connectivity index (χ0v) is 18.5. The van der Waals surface area contributed by atoms with Crippen molar-refractivity contribution in [3.8, 4) is 0 Å². The first-order chi connectivity index (χ1) is 15.4. The maximum absolute atomic E-state index is 13.9. The smallest absolute Gasteiger partial charge is 0.311 e. The van der Waals surface area contributed by atoms with Gasteiger partial charge in [-0.1, -0.05) is 30.8 Å². The molecule has 0 aliphatic carbocycles. The number of benzene rings is 2. The fourth-order valence-electron chi connectivity index (χ4n) is 2.98. The molecule has 0 spiro atoms. The van der Waals surface area contributed by atoms with Gasteiger partial charge in [-0.3, -0.25) is 9.59 Å². The lowest BCUT2D eigenvalue weighted by atomic mass is 10.2. The Labute approximate surface area is 189 Å². The Hall–Kier alpha value is -3.20. The van der Waals surface area contributed by atoms with E-state index in [1.807, 2.05) is 31.2 Å². The van der Waals surface area contributed by atoms with E-state index in [4.69, 9.17) is 4.74 Å². The van der Waals surface area contributed by atoms with Crippen LogP contribution >= 0.6 is 11.8 Å². The molecule has 3 rings (SSSR count). The van der Waals surface area contributed by atoms with E-state index in [9.17, 15) is 18.4 Å². The molecule has 6 nitrogen and oxygen atoms in total. The zero-order chi connectivity index (χ0) is 23.1. The third-order valence-electron chi connectivity index (χ3n) is 4.48. The molecule has 1 atom stereocenters. The number of thioether (sulfide) groups is 1. The molecule has 2 aromatic carbocycles. The van der Waals surface area contributed by atoms with Crippen molar-refractivity contribution in [3.05, 3.63) is 65.9 Å². The molecule has 0 fully saturated rings. The van der Waals surface area contributed by atoms with Gasteiger partial charge in [0.05, 0.1) is 40.4 Å². The number of aliphatic imine (C=N–C) groups is 1. The van der Waals surface area contributed by atoms with Gasteiger partial charge in [-0.15, -0.1) is 0 Å². The number of hydrogen-bond acceptors (Lipinski definition) is 6. The Morgan fingerprint density at radius 1 is 1.19 bits per heavy atom. The number of nitrogens with zero attached hydrogens (tertiary/aromatic N) is 1. The second kappa shape index (κ2) is 10.9. The first-order valence-corrected chi connectivity index (χ1v) is 11.0. The monoisotopic (exact) mass is 459 g/mol. The van der Waals surface area contributed by atoms with E-state index in [2.05, 4.69) is 15.6 Å². The first kappa shape index (κ1) is 23.5. The molecule has 2 N–H and O–H groups in total. The largest absolute Gasteiger partial charge is 0.466 e. The highest BCUT2D eigenvalue weighted by molar-refractivity contribution is 8.15. The van der Waals surface area contributed by atoms with Gasteiger partial charge in [-0.05, 0) is 43.7 Å². The third-order valence-corrected chi connectivity index (χ3v) is 5.77. The second-order valence-electron chi connectivity index (χ2n) is 6.87. The van der Waals surface area contributed by atoms with Gasteiger partial charge in [0.1, 0.15) is 11.6 Å². The van der Waals surface area contributed by atoms with Crippen molar-refractivity contribution in [1.82, 2.24) is 0 Å². The average molecular weight is 460 g/mol. The van der Waals surface area contributed by atoms with Gasteiger partial charge in [0.25, 0.3) is 0 Å². The van der Waals surface area contributed by atoms with Gasteiger partial charge in [0, 0.05) is 11.8 Å². The molecule has 168 valence electrons. The Kier molecular flexibility index (Phi) is 7.99. The fourth-order valence-corrected chi connectivity index (χ4v) is 3.97. The number of hydrogen-bond donors (Lipinski definition) is 2. The topological polar surface area (TPSA) is 79.8 Å².